The van der Waals surface area contributed by atoms with Crippen molar-refractivity contribution < 1.29 is 4.74 Å². The Bertz CT molecular complexity index is 972. The minimum atomic E-state index is 0.377. The Morgan fingerprint density at radius 2 is 1.96 bits per heavy atom. The molecule has 4 rings (SSSR count). The van der Waals surface area contributed by atoms with Gasteiger partial charge >= 0.3 is 0 Å². The maximum atomic E-state index is 6.04. The molecule has 0 aliphatic carbocycles. The summed E-state index contributed by atoms with van der Waals surface area (Å²) in [5, 5.41) is 1.27. The van der Waals surface area contributed by atoms with Crippen LogP contribution in [0.4, 0.5) is 0 Å². The van der Waals surface area contributed by atoms with Crippen LogP contribution in [0.3, 0.4) is 0 Å². The number of fused-ring (bicyclic) bond motifs is 2. The highest BCUT2D eigenvalue weighted by Gasteiger charge is 2.16. The predicted molar refractivity (Wildman–Crippen MR) is 101 cm³/mol. The van der Waals surface area contributed by atoms with Gasteiger partial charge in [0.05, 0.1) is 18.5 Å². The first-order valence-corrected chi connectivity index (χ1v) is 8.68. The van der Waals surface area contributed by atoms with Crippen LogP contribution in [0.2, 0.25) is 0 Å². The van der Waals surface area contributed by atoms with Crippen molar-refractivity contribution in [2.45, 2.75) is 18.8 Å². The van der Waals surface area contributed by atoms with E-state index < -0.39 is 0 Å². The Morgan fingerprint density at radius 3 is 2.88 bits per heavy atom. The molecule has 0 aliphatic heterocycles. The van der Waals surface area contributed by atoms with Gasteiger partial charge in [0.15, 0.2) is 0 Å². The smallest absolute Gasteiger partial charge is 0.144 e. The minimum absolute atomic E-state index is 0.377. The van der Waals surface area contributed by atoms with Gasteiger partial charge in [0.25, 0.3) is 0 Å². The molecule has 4 N–H and O–H groups in total. The van der Waals surface area contributed by atoms with Gasteiger partial charge in [-0.15, -0.1) is 0 Å². The molecule has 0 aliphatic rings. The SMILES string of the molecule is NCCC(CCOc1cccc2nc[nH]c12)c1c[nH]c2ccccc12. The van der Waals surface area contributed by atoms with Crippen LogP contribution in [0.1, 0.15) is 24.3 Å². The highest BCUT2D eigenvalue weighted by Crippen LogP contribution is 2.30. The predicted octanol–water partition coefficient (Wildman–Crippen LogP) is 3.95. The van der Waals surface area contributed by atoms with Gasteiger partial charge in [0.2, 0.25) is 0 Å². The third-order valence-electron chi connectivity index (χ3n) is 4.72. The monoisotopic (exact) mass is 334 g/mol. The molecular formula is C20H22N4O. The summed E-state index contributed by atoms with van der Waals surface area (Å²) < 4.78 is 6.04. The Labute approximate surface area is 146 Å². The lowest BCUT2D eigenvalue weighted by atomic mass is 9.92. The standard InChI is InChI=1S/C20H22N4O/c21-10-8-14(16-12-22-17-5-2-1-4-15(16)17)9-11-25-19-7-3-6-18-20(19)24-13-23-18/h1-7,12-14,22H,8-11,21H2,(H,23,24). The number of aromatic amines is 2. The molecule has 25 heavy (non-hydrogen) atoms. The fourth-order valence-electron chi connectivity index (χ4n) is 3.46. The zero-order valence-corrected chi connectivity index (χ0v) is 14.0. The Morgan fingerprint density at radius 1 is 1.04 bits per heavy atom. The molecule has 2 aromatic carbocycles. The number of hydrogen-bond donors (Lipinski definition) is 3. The van der Waals surface area contributed by atoms with Crippen LogP contribution in [0, 0.1) is 0 Å². The molecule has 1 atom stereocenters. The molecule has 128 valence electrons. The van der Waals surface area contributed by atoms with E-state index in [0.717, 1.165) is 29.6 Å². The fourth-order valence-corrected chi connectivity index (χ4v) is 3.46. The highest BCUT2D eigenvalue weighted by atomic mass is 16.5. The lowest BCUT2D eigenvalue weighted by Gasteiger charge is -2.16. The molecule has 5 nitrogen and oxygen atoms in total. The minimum Gasteiger partial charge on any atom is -0.491 e. The number of para-hydroxylation sites is 2. The maximum Gasteiger partial charge on any atom is 0.144 e. The van der Waals surface area contributed by atoms with Crippen LogP contribution in [0.5, 0.6) is 5.75 Å². The van der Waals surface area contributed by atoms with Gasteiger partial charge in [0, 0.05) is 17.1 Å². The van der Waals surface area contributed by atoms with Crippen molar-refractivity contribution in [2.24, 2.45) is 5.73 Å². The van der Waals surface area contributed by atoms with Crippen molar-refractivity contribution in [2.75, 3.05) is 13.2 Å². The van der Waals surface area contributed by atoms with E-state index >= 15 is 0 Å². The van der Waals surface area contributed by atoms with Crippen molar-refractivity contribution >= 4 is 21.9 Å². The van der Waals surface area contributed by atoms with Crippen LogP contribution in [0.15, 0.2) is 55.0 Å². The summed E-state index contributed by atoms with van der Waals surface area (Å²) in [7, 11) is 0. The molecule has 0 fully saturated rings. The normalized spacial score (nSPS) is 12.7. The first-order valence-electron chi connectivity index (χ1n) is 8.68. The zero-order chi connectivity index (χ0) is 17.1. The van der Waals surface area contributed by atoms with E-state index in [9.17, 15) is 0 Å². The topological polar surface area (TPSA) is 79.7 Å². The van der Waals surface area contributed by atoms with Gasteiger partial charge in [-0.3, -0.25) is 0 Å². The Kier molecular flexibility index (Phi) is 4.39. The van der Waals surface area contributed by atoms with Crippen molar-refractivity contribution in [1.29, 1.82) is 0 Å². The lowest BCUT2D eigenvalue weighted by molar-refractivity contribution is 0.298. The van der Waals surface area contributed by atoms with E-state index in [2.05, 4.69) is 45.4 Å². The molecule has 0 radical (unpaired) electrons. The van der Waals surface area contributed by atoms with Crippen LogP contribution >= 0.6 is 0 Å². The van der Waals surface area contributed by atoms with Crippen LogP contribution in [-0.4, -0.2) is 28.1 Å². The lowest BCUT2D eigenvalue weighted by Crippen LogP contribution is -2.11. The number of benzene rings is 2. The molecule has 2 aromatic heterocycles. The largest absolute Gasteiger partial charge is 0.491 e. The molecule has 0 spiro atoms. The van der Waals surface area contributed by atoms with Gasteiger partial charge in [-0.2, -0.15) is 0 Å². The third-order valence-corrected chi connectivity index (χ3v) is 4.72. The summed E-state index contributed by atoms with van der Waals surface area (Å²) in [5.41, 5.74) is 10.2. The summed E-state index contributed by atoms with van der Waals surface area (Å²) in [6, 6.07) is 14.3. The first-order chi connectivity index (χ1) is 12.4. The number of nitrogens with zero attached hydrogens (tertiary/aromatic N) is 1. The van der Waals surface area contributed by atoms with Crippen molar-refractivity contribution in [3.8, 4) is 5.75 Å². The zero-order valence-electron chi connectivity index (χ0n) is 14.0. The number of imidazole rings is 1. The second-order valence-electron chi connectivity index (χ2n) is 6.25. The van der Waals surface area contributed by atoms with Crippen LogP contribution < -0.4 is 10.5 Å². The highest BCUT2D eigenvalue weighted by molar-refractivity contribution is 5.83. The van der Waals surface area contributed by atoms with Gasteiger partial charge in [-0.25, -0.2) is 4.98 Å². The third kappa shape index (κ3) is 3.10. The van der Waals surface area contributed by atoms with E-state index in [1.54, 1.807) is 6.33 Å². The summed E-state index contributed by atoms with van der Waals surface area (Å²) in [4.78, 5) is 10.8. The number of aromatic nitrogens is 3. The number of hydrogen-bond acceptors (Lipinski definition) is 3. The molecule has 1 unspecified atom stereocenters. The number of nitrogens with two attached hydrogens (primary N) is 1. The second kappa shape index (κ2) is 6.99. The molecule has 2 heterocycles. The molecular weight excluding hydrogens is 312 g/mol. The summed E-state index contributed by atoms with van der Waals surface area (Å²) in [6.45, 7) is 1.31. The Balaban J connectivity index is 1.50. The number of H-pyrrole nitrogens is 2. The van der Waals surface area contributed by atoms with Gasteiger partial charge < -0.3 is 20.4 Å². The van der Waals surface area contributed by atoms with E-state index in [1.165, 1.54) is 16.5 Å². The number of rotatable bonds is 7. The van der Waals surface area contributed by atoms with Gasteiger partial charge in [-0.1, -0.05) is 24.3 Å². The van der Waals surface area contributed by atoms with Gasteiger partial charge in [-0.05, 0) is 49.1 Å². The van der Waals surface area contributed by atoms with E-state index in [-0.39, 0.29) is 0 Å². The van der Waals surface area contributed by atoms with Crippen molar-refractivity contribution in [3.63, 3.8) is 0 Å². The number of nitrogens with one attached hydrogen (secondary N) is 2. The van der Waals surface area contributed by atoms with E-state index in [0.29, 0.717) is 19.1 Å². The molecule has 0 amide bonds. The molecule has 5 heteroatoms. The second-order valence-corrected chi connectivity index (χ2v) is 6.25. The summed E-state index contributed by atoms with van der Waals surface area (Å²) in [6.07, 6.45) is 5.67. The average Bonchev–Trinajstić information content (AvgIpc) is 3.28. The number of ether oxygens (including phenoxy) is 1. The van der Waals surface area contributed by atoms with Crippen LogP contribution in [0.25, 0.3) is 21.9 Å². The fraction of sp³-hybridized carbons (Fsp3) is 0.250. The first kappa shape index (κ1) is 15.7. The summed E-state index contributed by atoms with van der Waals surface area (Å²) >= 11 is 0. The maximum absolute atomic E-state index is 6.04. The Hall–Kier alpha value is -2.79. The van der Waals surface area contributed by atoms with Gasteiger partial charge in [0.1, 0.15) is 11.3 Å². The summed E-state index contributed by atoms with van der Waals surface area (Å²) in [5.74, 6) is 1.22. The molecule has 0 saturated heterocycles. The van der Waals surface area contributed by atoms with E-state index in [4.69, 9.17) is 10.5 Å². The molecule has 4 aromatic rings. The quantitative estimate of drug-likeness (QED) is 0.479. The van der Waals surface area contributed by atoms with E-state index in [1.807, 2.05) is 18.2 Å². The van der Waals surface area contributed by atoms with Crippen molar-refractivity contribution in [1.82, 2.24) is 15.0 Å². The average molecular weight is 334 g/mol. The molecule has 0 saturated carbocycles. The van der Waals surface area contributed by atoms with Crippen LogP contribution in [-0.2, 0) is 0 Å². The molecule has 0 bridgehead atoms. The van der Waals surface area contributed by atoms with Crippen molar-refractivity contribution in [3.05, 3.63) is 60.6 Å².